The summed E-state index contributed by atoms with van der Waals surface area (Å²) < 4.78 is 36.6. The van der Waals surface area contributed by atoms with Crippen LogP contribution in [0.1, 0.15) is 10.4 Å². The van der Waals surface area contributed by atoms with Crippen LogP contribution in [0.2, 0.25) is 0 Å². The largest absolute Gasteiger partial charge is 0.477 e. The van der Waals surface area contributed by atoms with Crippen LogP contribution in [-0.4, -0.2) is 21.6 Å². The molecule has 1 aromatic heterocycles. The normalized spacial score (nSPS) is 11.7. The van der Waals surface area contributed by atoms with Gasteiger partial charge in [0.2, 0.25) is 5.43 Å². The summed E-state index contributed by atoms with van der Waals surface area (Å²) >= 11 is -0.306. The molecule has 1 aromatic carbocycles. The molecule has 0 saturated carbocycles. The van der Waals surface area contributed by atoms with Crippen molar-refractivity contribution >= 4 is 28.6 Å². The molecular formula is C11H6F3NO3S. The highest BCUT2D eigenvalue weighted by Gasteiger charge is 2.29. The van der Waals surface area contributed by atoms with Crippen LogP contribution in [-0.2, 0) is 0 Å². The molecule has 0 aliphatic rings. The zero-order valence-electron chi connectivity index (χ0n) is 9.12. The molecule has 0 saturated heterocycles. The number of hydrogen-bond donors (Lipinski definition) is 2. The lowest BCUT2D eigenvalue weighted by atomic mass is 10.1. The van der Waals surface area contributed by atoms with Crippen molar-refractivity contribution < 1.29 is 23.1 Å². The van der Waals surface area contributed by atoms with Crippen LogP contribution in [0.4, 0.5) is 13.2 Å². The second kappa shape index (κ2) is 4.61. The number of carboxylic acids is 1. The molecule has 4 nitrogen and oxygen atoms in total. The lowest BCUT2D eigenvalue weighted by molar-refractivity contribution is -0.0328. The smallest absolute Gasteiger partial charge is 0.446 e. The number of halogens is 3. The highest BCUT2D eigenvalue weighted by Crippen LogP contribution is 2.37. The Labute approximate surface area is 108 Å². The van der Waals surface area contributed by atoms with E-state index < -0.39 is 22.5 Å². The van der Waals surface area contributed by atoms with E-state index in [1.54, 1.807) is 0 Å². The Hall–Kier alpha value is -1.96. The number of hydrogen-bond acceptors (Lipinski definition) is 3. The predicted molar refractivity (Wildman–Crippen MR) is 63.4 cm³/mol. The summed E-state index contributed by atoms with van der Waals surface area (Å²) in [4.78, 5) is 24.9. The summed E-state index contributed by atoms with van der Waals surface area (Å²) in [5.41, 5.74) is -5.45. The van der Waals surface area contributed by atoms with Gasteiger partial charge in [-0.05, 0) is 30.0 Å². The molecule has 0 atom stereocenters. The summed E-state index contributed by atoms with van der Waals surface area (Å²) in [5.74, 6) is -1.39. The summed E-state index contributed by atoms with van der Waals surface area (Å²) in [5, 5.41) is 8.79. The van der Waals surface area contributed by atoms with Gasteiger partial charge < -0.3 is 10.1 Å². The third-order valence-corrected chi connectivity index (χ3v) is 3.04. The third-order valence-electron chi connectivity index (χ3n) is 2.32. The Balaban J connectivity index is 2.55. The lowest BCUT2D eigenvalue weighted by Gasteiger charge is -2.06. The minimum atomic E-state index is -4.42. The number of carbonyl (C=O) groups is 1. The Bertz CT molecular complexity index is 708. The van der Waals surface area contributed by atoms with Gasteiger partial charge in [-0.3, -0.25) is 4.79 Å². The van der Waals surface area contributed by atoms with E-state index in [-0.39, 0.29) is 27.6 Å². The van der Waals surface area contributed by atoms with Crippen LogP contribution in [0.5, 0.6) is 0 Å². The fourth-order valence-electron chi connectivity index (χ4n) is 1.56. The maximum Gasteiger partial charge on any atom is 0.446 e. The van der Waals surface area contributed by atoms with Crippen LogP contribution in [0.15, 0.2) is 34.1 Å². The third kappa shape index (κ3) is 2.90. The number of benzene rings is 1. The first-order chi connectivity index (χ1) is 8.78. The highest BCUT2D eigenvalue weighted by molar-refractivity contribution is 8.00. The van der Waals surface area contributed by atoms with Crippen LogP contribution in [0, 0.1) is 0 Å². The SMILES string of the molecule is O=C(O)c1c[nH]c2cc(SC(F)(F)F)ccc2c1=O. The summed E-state index contributed by atoms with van der Waals surface area (Å²) in [6.45, 7) is 0. The van der Waals surface area contributed by atoms with Gasteiger partial charge in [0.05, 0.1) is 5.52 Å². The molecule has 2 rings (SSSR count). The number of pyridine rings is 1. The lowest BCUT2D eigenvalue weighted by Crippen LogP contribution is -2.15. The number of nitrogens with one attached hydrogen (secondary N) is 1. The van der Waals surface area contributed by atoms with Crippen molar-refractivity contribution in [3.05, 3.63) is 40.2 Å². The second-order valence-electron chi connectivity index (χ2n) is 3.59. The Kier molecular flexibility index (Phi) is 3.27. The maximum atomic E-state index is 12.2. The van der Waals surface area contributed by atoms with Gasteiger partial charge in [0.1, 0.15) is 5.56 Å². The molecule has 0 aliphatic carbocycles. The van der Waals surface area contributed by atoms with Crippen LogP contribution in [0.25, 0.3) is 10.9 Å². The molecule has 0 spiro atoms. The molecule has 0 fully saturated rings. The van der Waals surface area contributed by atoms with Crippen LogP contribution in [0.3, 0.4) is 0 Å². The summed E-state index contributed by atoms with van der Waals surface area (Å²) in [6, 6.07) is 3.45. The van der Waals surface area contributed by atoms with Gasteiger partial charge in [0.15, 0.2) is 0 Å². The molecule has 0 bridgehead atoms. The molecule has 0 aliphatic heterocycles. The van der Waals surface area contributed by atoms with Crippen molar-refractivity contribution in [3.8, 4) is 0 Å². The molecule has 2 aromatic rings. The van der Waals surface area contributed by atoms with Crippen LogP contribution < -0.4 is 5.43 Å². The fraction of sp³-hybridized carbons (Fsp3) is 0.0909. The average molecular weight is 289 g/mol. The predicted octanol–water partition coefficient (Wildman–Crippen LogP) is 2.84. The van der Waals surface area contributed by atoms with Gasteiger partial charge in [-0.15, -0.1) is 0 Å². The van der Waals surface area contributed by atoms with Crippen molar-refractivity contribution in [1.29, 1.82) is 0 Å². The van der Waals surface area contributed by atoms with Crippen molar-refractivity contribution in [1.82, 2.24) is 4.98 Å². The maximum absolute atomic E-state index is 12.2. The number of rotatable bonds is 2. The van der Waals surface area contributed by atoms with Gasteiger partial charge in [-0.25, -0.2) is 4.79 Å². The molecule has 100 valence electrons. The number of aromatic amines is 1. The molecule has 0 amide bonds. The number of H-pyrrole nitrogens is 1. The van der Waals surface area contributed by atoms with Crippen molar-refractivity contribution in [2.45, 2.75) is 10.4 Å². The molecule has 1 heterocycles. The van der Waals surface area contributed by atoms with Gasteiger partial charge in [-0.1, -0.05) is 0 Å². The second-order valence-corrected chi connectivity index (χ2v) is 4.73. The molecular weight excluding hydrogens is 283 g/mol. The Morgan fingerprint density at radius 1 is 1.32 bits per heavy atom. The van der Waals surface area contributed by atoms with Gasteiger partial charge in [0, 0.05) is 16.5 Å². The molecule has 0 radical (unpaired) electrons. The highest BCUT2D eigenvalue weighted by atomic mass is 32.2. The quantitative estimate of drug-likeness (QED) is 0.834. The van der Waals surface area contributed by atoms with Crippen molar-refractivity contribution in [2.24, 2.45) is 0 Å². The zero-order chi connectivity index (χ0) is 14.2. The first kappa shape index (κ1) is 13.5. The Morgan fingerprint density at radius 3 is 2.58 bits per heavy atom. The zero-order valence-corrected chi connectivity index (χ0v) is 9.93. The number of fused-ring (bicyclic) bond motifs is 1. The van der Waals surface area contributed by atoms with E-state index in [4.69, 9.17) is 5.11 Å². The molecule has 2 N–H and O–H groups in total. The van der Waals surface area contributed by atoms with E-state index in [2.05, 4.69) is 4.98 Å². The standard InChI is InChI=1S/C11H6F3NO3S/c12-11(13,14)19-5-1-2-6-8(3-5)15-4-7(9(6)16)10(17)18/h1-4H,(H,15,16)(H,17,18). The van der Waals surface area contributed by atoms with E-state index in [9.17, 15) is 22.8 Å². The van der Waals surface area contributed by atoms with E-state index in [1.807, 2.05) is 0 Å². The first-order valence-corrected chi connectivity index (χ1v) is 5.74. The number of aromatic carboxylic acids is 1. The molecule has 19 heavy (non-hydrogen) atoms. The topological polar surface area (TPSA) is 70.2 Å². The van der Waals surface area contributed by atoms with E-state index in [0.717, 1.165) is 18.3 Å². The summed E-state index contributed by atoms with van der Waals surface area (Å²) in [7, 11) is 0. The number of carboxylic acid groups (broad SMARTS) is 1. The van der Waals surface area contributed by atoms with E-state index in [0.29, 0.717) is 0 Å². The average Bonchev–Trinajstić information content (AvgIpc) is 2.26. The van der Waals surface area contributed by atoms with Gasteiger partial charge in [-0.2, -0.15) is 13.2 Å². The molecule has 0 unspecified atom stereocenters. The van der Waals surface area contributed by atoms with Crippen molar-refractivity contribution in [3.63, 3.8) is 0 Å². The minimum absolute atomic E-state index is 0.0337. The minimum Gasteiger partial charge on any atom is -0.477 e. The first-order valence-electron chi connectivity index (χ1n) is 4.92. The van der Waals surface area contributed by atoms with Gasteiger partial charge in [0.25, 0.3) is 0 Å². The Morgan fingerprint density at radius 2 is 2.00 bits per heavy atom. The molecule has 8 heteroatoms. The number of aromatic nitrogens is 1. The number of alkyl halides is 3. The van der Waals surface area contributed by atoms with Crippen molar-refractivity contribution in [2.75, 3.05) is 0 Å². The van der Waals surface area contributed by atoms with E-state index >= 15 is 0 Å². The van der Waals surface area contributed by atoms with Gasteiger partial charge >= 0.3 is 11.5 Å². The summed E-state index contributed by atoms with van der Waals surface area (Å²) in [6.07, 6.45) is 0.967. The van der Waals surface area contributed by atoms with Crippen LogP contribution >= 0.6 is 11.8 Å². The fourth-order valence-corrected chi connectivity index (χ4v) is 2.14. The van der Waals surface area contributed by atoms with E-state index in [1.165, 1.54) is 6.07 Å². The number of thioether (sulfide) groups is 1. The monoisotopic (exact) mass is 289 g/mol.